The van der Waals surface area contributed by atoms with E-state index in [1.807, 2.05) is 0 Å². The Bertz CT molecular complexity index is 693. The van der Waals surface area contributed by atoms with Crippen LogP contribution in [-0.2, 0) is 6.42 Å². The van der Waals surface area contributed by atoms with E-state index in [0.29, 0.717) is 0 Å². The summed E-state index contributed by atoms with van der Waals surface area (Å²) < 4.78 is 0. The quantitative estimate of drug-likeness (QED) is 0.610. The molecule has 0 saturated heterocycles. The molecule has 3 rings (SSSR count). The monoisotopic (exact) mass is 290 g/mol. The Morgan fingerprint density at radius 2 is 1.91 bits per heavy atom. The number of aryl methyl sites for hydroxylation is 2. The molecule has 114 valence electrons. The van der Waals surface area contributed by atoms with Crippen LogP contribution in [0.4, 0.5) is 0 Å². The van der Waals surface area contributed by atoms with Crippen LogP contribution in [0, 0.1) is 6.92 Å². The van der Waals surface area contributed by atoms with Crippen molar-refractivity contribution in [1.29, 1.82) is 0 Å². The first-order chi connectivity index (χ1) is 10.7. The number of allylic oxidation sites excluding steroid dienone is 8. The Hall–Kier alpha value is -1.82. The molecule has 0 fully saturated rings. The van der Waals surface area contributed by atoms with E-state index in [4.69, 9.17) is 0 Å². The predicted octanol–water partition coefficient (Wildman–Crippen LogP) is 6.33. The van der Waals surface area contributed by atoms with Crippen molar-refractivity contribution in [1.82, 2.24) is 0 Å². The second-order valence-electron chi connectivity index (χ2n) is 6.38. The summed E-state index contributed by atoms with van der Waals surface area (Å²) in [7, 11) is 0. The maximum atomic E-state index is 2.46. The Balaban J connectivity index is 2.09. The van der Waals surface area contributed by atoms with Gasteiger partial charge in [0.05, 0.1) is 0 Å². The molecule has 0 spiro atoms. The summed E-state index contributed by atoms with van der Waals surface area (Å²) in [6.07, 6.45) is 15.1. The molecule has 2 aliphatic carbocycles. The molecule has 1 aromatic rings. The molecule has 0 unspecified atom stereocenters. The highest BCUT2D eigenvalue weighted by molar-refractivity contribution is 5.84. The van der Waals surface area contributed by atoms with E-state index in [9.17, 15) is 0 Å². The molecule has 0 heterocycles. The maximum absolute atomic E-state index is 2.46. The topological polar surface area (TPSA) is 0 Å². The van der Waals surface area contributed by atoms with Crippen LogP contribution in [-0.4, -0.2) is 0 Å². The summed E-state index contributed by atoms with van der Waals surface area (Å²) in [6.45, 7) is 6.83. The second kappa shape index (κ2) is 6.52. The van der Waals surface area contributed by atoms with Gasteiger partial charge in [-0.25, -0.2) is 0 Å². The minimum Gasteiger partial charge on any atom is -0.0842 e. The Morgan fingerprint density at radius 3 is 2.64 bits per heavy atom. The second-order valence-corrected chi connectivity index (χ2v) is 6.38. The SMILES string of the molecule is CCc1cccc(C)c1C1=CCCC(C2=CC=CCC2)=C1C. The van der Waals surface area contributed by atoms with Gasteiger partial charge in [-0.1, -0.05) is 49.4 Å². The third-order valence-corrected chi connectivity index (χ3v) is 5.01. The number of benzene rings is 1. The van der Waals surface area contributed by atoms with Crippen LogP contribution in [0.25, 0.3) is 5.57 Å². The standard InChI is InChI=1S/C22H26/c1-4-18-13-8-10-16(2)22(18)21-15-9-14-20(17(21)3)19-11-6-5-7-12-19/h5-6,8,10-11,13,15H,4,7,9,12,14H2,1-3H3. The summed E-state index contributed by atoms with van der Waals surface area (Å²) in [5.41, 5.74) is 10.5. The van der Waals surface area contributed by atoms with Gasteiger partial charge in [-0.05, 0) is 84.9 Å². The van der Waals surface area contributed by atoms with E-state index in [0.717, 1.165) is 6.42 Å². The van der Waals surface area contributed by atoms with Crippen molar-refractivity contribution in [3.63, 3.8) is 0 Å². The summed E-state index contributed by atoms with van der Waals surface area (Å²) in [6, 6.07) is 6.72. The minimum atomic E-state index is 1.10. The lowest BCUT2D eigenvalue weighted by Crippen LogP contribution is -2.05. The zero-order chi connectivity index (χ0) is 15.5. The van der Waals surface area contributed by atoms with Crippen molar-refractivity contribution in [2.45, 2.75) is 52.9 Å². The molecule has 0 radical (unpaired) electrons. The van der Waals surface area contributed by atoms with Crippen LogP contribution in [0.1, 0.15) is 56.2 Å². The Kier molecular flexibility index (Phi) is 4.47. The van der Waals surface area contributed by atoms with Gasteiger partial charge in [0.15, 0.2) is 0 Å². The third-order valence-electron chi connectivity index (χ3n) is 5.01. The molecule has 0 amide bonds. The number of hydrogen-bond donors (Lipinski definition) is 0. The molecule has 0 aliphatic heterocycles. The van der Waals surface area contributed by atoms with E-state index < -0.39 is 0 Å². The molecule has 0 nitrogen and oxygen atoms in total. The Morgan fingerprint density at radius 1 is 1.05 bits per heavy atom. The first-order valence-corrected chi connectivity index (χ1v) is 8.57. The maximum Gasteiger partial charge on any atom is -0.0123 e. The lowest BCUT2D eigenvalue weighted by molar-refractivity contribution is 0.887. The molecular weight excluding hydrogens is 264 g/mol. The van der Waals surface area contributed by atoms with Gasteiger partial charge in [-0.2, -0.15) is 0 Å². The number of rotatable bonds is 3. The molecule has 0 bridgehead atoms. The molecule has 0 aromatic heterocycles. The van der Waals surface area contributed by atoms with Crippen molar-refractivity contribution in [2.75, 3.05) is 0 Å². The average molecular weight is 290 g/mol. The van der Waals surface area contributed by atoms with Gasteiger partial charge in [-0.3, -0.25) is 0 Å². The van der Waals surface area contributed by atoms with Gasteiger partial charge in [0.25, 0.3) is 0 Å². The number of hydrogen-bond acceptors (Lipinski definition) is 0. The zero-order valence-electron chi connectivity index (χ0n) is 14.1. The fourth-order valence-corrected chi connectivity index (χ4v) is 3.82. The van der Waals surface area contributed by atoms with E-state index in [1.165, 1.54) is 53.5 Å². The summed E-state index contributed by atoms with van der Waals surface area (Å²) in [5.74, 6) is 0. The fourth-order valence-electron chi connectivity index (χ4n) is 3.82. The molecule has 0 atom stereocenters. The predicted molar refractivity (Wildman–Crippen MR) is 96.9 cm³/mol. The van der Waals surface area contributed by atoms with Gasteiger partial charge < -0.3 is 0 Å². The van der Waals surface area contributed by atoms with Crippen LogP contribution >= 0.6 is 0 Å². The summed E-state index contributed by atoms with van der Waals surface area (Å²) in [5, 5.41) is 0. The molecule has 1 aromatic carbocycles. The van der Waals surface area contributed by atoms with Crippen LogP contribution in [0.15, 0.2) is 59.2 Å². The molecule has 2 aliphatic rings. The van der Waals surface area contributed by atoms with Crippen LogP contribution < -0.4 is 0 Å². The molecule has 0 heteroatoms. The fraction of sp³-hybridized carbons (Fsp3) is 0.364. The van der Waals surface area contributed by atoms with Gasteiger partial charge >= 0.3 is 0 Å². The third kappa shape index (κ3) is 2.75. The normalized spacial score (nSPS) is 18.3. The molecule has 22 heavy (non-hydrogen) atoms. The van der Waals surface area contributed by atoms with E-state index in [1.54, 1.807) is 11.1 Å². The summed E-state index contributed by atoms with van der Waals surface area (Å²) in [4.78, 5) is 0. The molecule has 0 N–H and O–H groups in total. The van der Waals surface area contributed by atoms with Crippen molar-refractivity contribution in [3.8, 4) is 0 Å². The highest BCUT2D eigenvalue weighted by Gasteiger charge is 2.19. The highest BCUT2D eigenvalue weighted by atomic mass is 14.2. The van der Waals surface area contributed by atoms with Crippen LogP contribution in [0.2, 0.25) is 0 Å². The molecule has 0 saturated carbocycles. The lowest BCUT2D eigenvalue weighted by Gasteiger charge is -2.25. The largest absolute Gasteiger partial charge is 0.0842 e. The molecular formula is C22H26. The highest BCUT2D eigenvalue weighted by Crippen LogP contribution is 2.39. The van der Waals surface area contributed by atoms with Crippen molar-refractivity contribution in [3.05, 3.63) is 75.9 Å². The Labute approximate surface area is 135 Å². The minimum absolute atomic E-state index is 1.10. The summed E-state index contributed by atoms with van der Waals surface area (Å²) >= 11 is 0. The first kappa shape index (κ1) is 15.1. The van der Waals surface area contributed by atoms with Crippen LogP contribution in [0.3, 0.4) is 0 Å². The van der Waals surface area contributed by atoms with Crippen molar-refractivity contribution in [2.24, 2.45) is 0 Å². The van der Waals surface area contributed by atoms with Crippen molar-refractivity contribution >= 4 is 5.57 Å². The van der Waals surface area contributed by atoms with Crippen LogP contribution in [0.5, 0.6) is 0 Å². The van der Waals surface area contributed by atoms with Gasteiger partial charge in [0.2, 0.25) is 0 Å². The van der Waals surface area contributed by atoms with E-state index in [2.05, 4.69) is 63.3 Å². The van der Waals surface area contributed by atoms with Gasteiger partial charge in [-0.15, -0.1) is 0 Å². The van der Waals surface area contributed by atoms with E-state index >= 15 is 0 Å². The van der Waals surface area contributed by atoms with Gasteiger partial charge in [0.1, 0.15) is 0 Å². The lowest BCUT2D eigenvalue weighted by atomic mass is 9.80. The average Bonchev–Trinajstić information content (AvgIpc) is 2.56. The smallest absolute Gasteiger partial charge is 0.0123 e. The van der Waals surface area contributed by atoms with E-state index in [-0.39, 0.29) is 0 Å². The van der Waals surface area contributed by atoms with Crippen molar-refractivity contribution < 1.29 is 0 Å². The first-order valence-electron chi connectivity index (χ1n) is 8.57. The van der Waals surface area contributed by atoms with Gasteiger partial charge in [0, 0.05) is 0 Å². The zero-order valence-corrected chi connectivity index (χ0v) is 14.1.